The zero-order valence-electron chi connectivity index (χ0n) is 31.6. The van der Waals surface area contributed by atoms with Crippen LogP contribution in [0.4, 0.5) is 0 Å². The van der Waals surface area contributed by atoms with Crippen LogP contribution < -0.4 is 0 Å². The number of hydrogen-bond acceptors (Lipinski definition) is 0. The van der Waals surface area contributed by atoms with E-state index in [1.54, 1.807) is 0 Å². The molecule has 0 spiro atoms. The van der Waals surface area contributed by atoms with E-state index in [1.165, 1.54) is 66.8 Å². The normalized spacial score (nSPS) is 17.9. The summed E-state index contributed by atoms with van der Waals surface area (Å²) in [5.74, 6) is -0.644. The van der Waals surface area contributed by atoms with Crippen molar-refractivity contribution in [1.29, 1.82) is 0 Å². The number of rotatable bonds is 13. The van der Waals surface area contributed by atoms with Gasteiger partial charge in [0.25, 0.3) is 0 Å². The van der Waals surface area contributed by atoms with Crippen LogP contribution in [0.5, 0.6) is 0 Å². The summed E-state index contributed by atoms with van der Waals surface area (Å²) in [5, 5.41) is 0. The first-order valence-corrected chi connectivity index (χ1v) is 35.6. The standard InChI is InChI=1S/2C22H25.C2H7Si.2ClH.Zr/c2*1-4-8-18-9-5-6-11-20(18)21-12-7-10-19-14-17(13-16(2)3)15-22(19)21;1-3-2;;;/h2*5-7,9-12,14-16H,4,8,13H2,1-3H3;3H,1-2H3;2*1H;/q;;;;;+2/p-2. The zero-order chi connectivity index (χ0) is 35.8. The first kappa shape index (κ1) is 37.8. The molecule has 2 aliphatic rings. The number of benzene rings is 4. The Bertz CT molecular complexity index is 1800. The summed E-state index contributed by atoms with van der Waals surface area (Å²) in [6.45, 7) is 18.9. The first-order chi connectivity index (χ1) is 23.9. The maximum absolute atomic E-state index is 8.87. The molecule has 0 heterocycles. The molecule has 6 rings (SSSR count). The SMILES string of the molecule is CCCc1ccccc1-c1cccc2c1C=C(CC(C)C)[CH]2[Zr]([Cl])([Cl])([CH]1C(CC(C)C)=Cc2c(-c3ccccc3CCC)cccc21)[SiH](C)C. The van der Waals surface area contributed by atoms with Gasteiger partial charge in [0, 0.05) is 0 Å². The van der Waals surface area contributed by atoms with Crippen LogP contribution in [0, 0.1) is 11.8 Å². The number of aryl methyl sites for hydroxylation is 2. The molecule has 0 saturated carbocycles. The second-order valence-electron chi connectivity index (χ2n) is 16.3. The van der Waals surface area contributed by atoms with Crippen molar-refractivity contribution in [3.05, 3.63) is 129 Å². The second-order valence-corrected chi connectivity index (χ2v) is 58.8. The Labute approximate surface area is 312 Å². The molecule has 2 atom stereocenters. The third-order valence-corrected chi connectivity index (χ3v) is 63.3. The monoisotopic (exact) mass is 797 g/mol. The van der Waals surface area contributed by atoms with Crippen molar-refractivity contribution in [2.75, 3.05) is 0 Å². The van der Waals surface area contributed by atoms with Crippen LogP contribution in [0.25, 0.3) is 34.4 Å². The van der Waals surface area contributed by atoms with E-state index in [0.717, 1.165) is 38.5 Å². The summed E-state index contributed by atoms with van der Waals surface area (Å²) in [6, 6.07) is 32.1. The molecule has 0 bridgehead atoms. The van der Waals surface area contributed by atoms with E-state index in [0.29, 0.717) is 11.8 Å². The van der Waals surface area contributed by atoms with E-state index >= 15 is 0 Å². The van der Waals surface area contributed by atoms with Gasteiger partial charge in [0.2, 0.25) is 0 Å². The maximum atomic E-state index is 8.87. The summed E-state index contributed by atoms with van der Waals surface area (Å²) < 4.78 is 0.203. The molecule has 0 N–H and O–H groups in total. The predicted molar refractivity (Wildman–Crippen MR) is 223 cm³/mol. The van der Waals surface area contributed by atoms with Gasteiger partial charge >= 0.3 is 315 Å². The van der Waals surface area contributed by atoms with Gasteiger partial charge in [0.1, 0.15) is 0 Å². The first-order valence-electron chi connectivity index (χ1n) is 19.3. The van der Waals surface area contributed by atoms with Gasteiger partial charge in [-0.25, -0.2) is 0 Å². The Hall–Kier alpha value is -1.96. The Morgan fingerprint density at radius 3 is 1.30 bits per heavy atom. The van der Waals surface area contributed by atoms with Gasteiger partial charge in [-0.15, -0.1) is 0 Å². The Morgan fingerprint density at radius 2 is 0.940 bits per heavy atom. The number of fused-ring (bicyclic) bond motifs is 2. The summed E-state index contributed by atoms with van der Waals surface area (Å²) in [4.78, 5) is 0. The van der Waals surface area contributed by atoms with Crippen molar-refractivity contribution >= 4 is 35.1 Å². The van der Waals surface area contributed by atoms with Crippen molar-refractivity contribution in [3.8, 4) is 22.3 Å². The molecule has 0 radical (unpaired) electrons. The van der Waals surface area contributed by atoms with E-state index in [1.807, 2.05) is 0 Å². The average molecular weight is 800 g/mol. The van der Waals surface area contributed by atoms with Crippen LogP contribution in [0.2, 0.25) is 13.1 Å². The number of allylic oxidation sites excluding steroid dienone is 2. The molecule has 2 aliphatic carbocycles. The predicted octanol–water partition coefficient (Wildman–Crippen LogP) is 14.6. The molecule has 0 fully saturated rings. The van der Waals surface area contributed by atoms with Crippen LogP contribution in [-0.4, -0.2) is 5.92 Å². The molecule has 0 aromatic heterocycles. The summed E-state index contributed by atoms with van der Waals surface area (Å²) in [7, 11) is 17.7. The third-order valence-electron chi connectivity index (χ3n) is 11.5. The second kappa shape index (κ2) is 15.2. The fourth-order valence-corrected chi connectivity index (χ4v) is 40.7. The summed E-state index contributed by atoms with van der Waals surface area (Å²) in [5.41, 5.74) is 16.7. The topological polar surface area (TPSA) is 0 Å². The zero-order valence-corrected chi connectivity index (χ0v) is 36.7. The summed E-state index contributed by atoms with van der Waals surface area (Å²) in [6.07, 6.45) is 11.5. The minimum atomic E-state index is -4.92. The van der Waals surface area contributed by atoms with Crippen molar-refractivity contribution in [3.63, 3.8) is 0 Å². The Kier molecular flexibility index (Phi) is 11.5. The van der Waals surface area contributed by atoms with E-state index in [-0.39, 0.29) is 7.25 Å². The van der Waals surface area contributed by atoms with Crippen LogP contribution >= 0.6 is 17.0 Å². The van der Waals surface area contributed by atoms with Crippen molar-refractivity contribution < 1.29 is 15.6 Å². The molecular weight excluding hydrogens is 743 g/mol. The third kappa shape index (κ3) is 6.70. The quantitative estimate of drug-likeness (QED) is 0.118. The summed E-state index contributed by atoms with van der Waals surface area (Å²) >= 11 is -4.92. The fraction of sp³-hybridized carbons (Fsp3) is 0.391. The molecule has 0 aliphatic heterocycles. The molecule has 50 heavy (non-hydrogen) atoms. The van der Waals surface area contributed by atoms with Gasteiger partial charge in [-0.3, -0.25) is 0 Å². The van der Waals surface area contributed by atoms with E-state index < -0.39 is 21.5 Å². The van der Waals surface area contributed by atoms with Crippen molar-refractivity contribution in [2.24, 2.45) is 11.8 Å². The molecule has 4 aromatic rings. The number of hydrogen-bond donors (Lipinski definition) is 0. The minimum absolute atomic E-state index is 0.102. The molecule has 0 saturated heterocycles. The molecule has 4 heteroatoms. The van der Waals surface area contributed by atoms with Gasteiger partial charge in [-0.1, -0.05) is 0 Å². The van der Waals surface area contributed by atoms with E-state index in [9.17, 15) is 0 Å². The Balaban J connectivity index is 1.62. The van der Waals surface area contributed by atoms with Crippen LogP contribution in [-0.2, 0) is 28.4 Å². The van der Waals surface area contributed by atoms with Crippen molar-refractivity contribution in [1.82, 2.24) is 0 Å². The van der Waals surface area contributed by atoms with Crippen LogP contribution in [0.1, 0.15) is 108 Å². The van der Waals surface area contributed by atoms with Crippen LogP contribution in [0.3, 0.4) is 0 Å². The molecular formula is C46H57Cl2SiZr. The van der Waals surface area contributed by atoms with E-state index in [4.69, 9.17) is 17.0 Å². The van der Waals surface area contributed by atoms with Gasteiger partial charge in [-0.05, 0) is 0 Å². The van der Waals surface area contributed by atoms with Gasteiger partial charge in [-0.2, -0.15) is 0 Å². The van der Waals surface area contributed by atoms with Crippen LogP contribution in [0.15, 0.2) is 96.1 Å². The molecule has 4 aromatic carbocycles. The molecule has 0 amide bonds. The van der Waals surface area contributed by atoms with Gasteiger partial charge < -0.3 is 0 Å². The van der Waals surface area contributed by atoms with E-state index in [2.05, 4.69) is 152 Å². The number of halogens is 2. The van der Waals surface area contributed by atoms with Crippen molar-refractivity contribution in [2.45, 2.75) is 100 Å². The molecule has 2 unspecified atom stereocenters. The Morgan fingerprint density at radius 1 is 0.560 bits per heavy atom. The van der Waals surface area contributed by atoms with Gasteiger partial charge in [0.05, 0.1) is 0 Å². The van der Waals surface area contributed by atoms with Gasteiger partial charge in [0.15, 0.2) is 0 Å². The average Bonchev–Trinajstić information content (AvgIpc) is 3.64. The molecule has 0 nitrogen and oxygen atoms in total. The molecule has 263 valence electrons. The fourth-order valence-electron chi connectivity index (χ4n) is 9.37.